The Morgan fingerprint density at radius 3 is 1.42 bits per heavy atom. The Hall–Kier alpha value is -5.26. The average molecular weight is 684 g/mol. The minimum absolute atomic E-state index is 0.519. The van der Waals surface area contributed by atoms with Gasteiger partial charge >= 0.3 is 0 Å². The summed E-state index contributed by atoms with van der Waals surface area (Å²) in [6, 6.07) is 43.6. The first-order valence-electron chi connectivity index (χ1n) is 19.2. The molecule has 0 spiro atoms. The van der Waals surface area contributed by atoms with E-state index in [2.05, 4.69) is 137 Å². The van der Waals surface area contributed by atoms with Crippen molar-refractivity contribution in [1.82, 2.24) is 19.1 Å². The first-order chi connectivity index (χ1) is 25.6. The van der Waals surface area contributed by atoms with Gasteiger partial charge in [-0.3, -0.25) is 9.97 Å². The fourth-order valence-corrected chi connectivity index (χ4v) is 8.48. The van der Waals surface area contributed by atoms with Crippen molar-refractivity contribution in [2.75, 3.05) is 0 Å². The van der Waals surface area contributed by atoms with E-state index in [1.165, 1.54) is 54.7 Å². The first kappa shape index (κ1) is 33.9. The van der Waals surface area contributed by atoms with Gasteiger partial charge in [0.05, 0.1) is 22.4 Å². The summed E-state index contributed by atoms with van der Waals surface area (Å²) in [6.07, 6.45) is 12.6. The largest absolute Gasteiger partial charge is 0.339 e. The number of fused-ring (bicyclic) bond motifs is 6. The average Bonchev–Trinajstić information content (AvgIpc) is 3.69. The second-order valence-corrected chi connectivity index (χ2v) is 14.6. The van der Waals surface area contributed by atoms with Gasteiger partial charge in [-0.05, 0) is 67.5 Å². The van der Waals surface area contributed by atoms with Gasteiger partial charge in [0.15, 0.2) is 0 Å². The Kier molecular flexibility index (Phi) is 9.86. The summed E-state index contributed by atoms with van der Waals surface area (Å²) in [7, 11) is 0. The van der Waals surface area contributed by atoms with Gasteiger partial charge in [0.25, 0.3) is 0 Å². The number of aryl methyl sites for hydroxylation is 4. The minimum atomic E-state index is -0.519. The molecule has 4 heterocycles. The van der Waals surface area contributed by atoms with Crippen LogP contribution in [-0.4, -0.2) is 24.6 Å². The molecular formula is C47H49N5. The van der Waals surface area contributed by atoms with Crippen LogP contribution in [0.25, 0.3) is 43.6 Å². The van der Waals surface area contributed by atoms with Crippen molar-refractivity contribution in [3.8, 4) is 0 Å². The van der Waals surface area contributed by atoms with Crippen LogP contribution in [0.3, 0.4) is 0 Å². The van der Waals surface area contributed by atoms with Gasteiger partial charge < -0.3 is 14.9 Å². The van der Waals surface area contributed by atoms with Crippen LogP contribution >= 0.6 is 0 Å². The third-order valence-corrected chi connectivity index (χ3v) is 11.0. The van der Waals surface area contributed by atoms with Crippen molar-refractivity contribution in [3.63, 3.8) is 0 Å². The second-order valence-electron chi connectivity index (χ2n) is 14.6. The zero-order chi connectivity index (χ0) is 35.3. The van der Waals surface area contributed by atoms with E-state index in [1.54, 1.807) is 0 Å². The van der Waals surface area contributed by atoms with E-state index < -0.39 is 5.54 Å². The highest BCUT2D eigenvalue weighted by Crippen LogP contribution is 2.36. The van der Waals surface area contributed by atoms with Gasteiger partial charge in [-0.25, -0.2) is 0 Å². The van der Waals surface area contributed by atoms with Crippen LogP contribution in [0.4, 0.5) is 0 Å². The van der Waals surface area contributed by atoms with Crippen molar-refractivity contribution < 1.29 is 0 Å². The van der Waals surface area contributed by atoms with Crippen LogP contribution in [-0.2, 0) is 38.8 Å². The van der Waals surface area contributed by atoms with E-state index in [9.17, 15) is 0 Å². The normalized spacial score (nSPS) is 12.1. The molecular weight excluding hydrogens is 635 g/mol. The lowest BCUT2D eigenvalue weighted by Gasteiger charge is -2.30. The number of aromatic nitrogens is 4. The highest BCUT2D eigenvalue weighted by atomic mass is 15.0. The highest BCUT2D eigenvalue weighted by Gasteiger charge is 2.30. The van der Waals surface area contributed by atoms with Crippen LogP contribution in [0.15, 0.2) is 134 Å². The molecule has 0 radical (unpaired) electrons. The molecule has 0 atom stereocenters. The van der Waals surface area contributed by atoms with E-state index in [4.69, 9.17) is 15.7 Å². The molecule has 5 nitrogen and oxygen atoms in total. The van der Waals surface area contributed by atoms with Gasteiger partial charge in [0.2, 0.25) is 0 Å². The summed E-state index contributed by atoms with van der Waals surface area (Å²) in [4.78, 5) is 10.2. The van der Waals surface area contributed by atoms with Gasteiger partial charge in [0.1, 0.15) is 0 Å². The van der Waals surface area contributed by atoms with Crippen molar-refractivity contribution in [1.29, 1.82) is 0 Å². The number of hydrogen-bond donors (Lipinski definition) is 1. The second kappa shape index (κ2) is 15.1. The summed E-state index contributed by atoms with van der Waals surface area (Å²) in [6.45, 7) is 4.11. The SMILES string of the molecule is CCCCC(N)(Cc1nccc2c3ccccc3n(CCCc3ccccc3)c12)Cc1nccc2c3ccccc3n(CCCc3ccccc3)c12. The molecule has 0 amide bonds. The standard InChI is InChI=1S/C47H49N5/c1-2-3-28-47(48,33-41-45-39(26-29-49-41)37-22-10-12-24-43(37)51(45)31-14-20-35-16-6-4-7-17-35)34-42-46-40(27-30-50-42)38-23-11-13-25-44(38)52(46)32-15-21-36-18-8-5-9-19-36/h4-13,16-19,22-27,29-30H,2-3,14-15,20-21,28,31-34,48H2,1H3. The number of nitrogens with two attached hydrogens (primary N) is 1. The number of pyridine rings is 2. The molecule has 0 unspecified atom stereocenters. The zero-order valence-electron chi connectivity index (χ0n) is 30.3. The van der Waals surface area contributed by atoms with Crippen LogP contribution in [0.1, 0.15) is 61.5 Å². The fraction of sp³-hybridized carbons (Fsp3) is 0.277. The molecule has 52 heavy (non-hydrogen) atoms. The molecule has 8 aromatic rings. The van der Waals surface area contributed by atoms with Crippen molar-refractivity contribution in [2.24, 2.45) is 5.73 Å². The monoisotopic (exact) mass is 683 g/mol. The van der Waals surface area contributed by atoms with Crippen molar-refractivity contribution in [2.45, 2.75) is 83.3 Å². The fourth-order valence-electron chi connectivity index (χ4n) is 8.48. The van der Waals surface area contributed by atoms with Crippen molar-refractivity contribution >= 4 is 43.6 Å². The van der Waals surface area contributed by atoms with Crippen molar-refractivity contribution in [3.05, 3.63) is 156 Å². The van der Waals surface area contributed by atoms with E-state index in [-0.39, 0.29) is 0 Å². The molecule has 0 saturated heterocycles. The summed E-state index contributed by atoms with van der Waals surface area (Å²) in [5, 5.41) is 5.08. The summed E-state index contributed by atoms with van der Waals surface area (Å²) < 4.78 is 5.03. The number of rotatable bonds is 15. The minimum Gasteiger partial charge on any atom is -0.339 e. The molecule has 5 heteroatoms. The quantitative estimate of drug-likeness (QED) is 0.117. The molecule has 0 aliphatic carbocycles. The zero-order valence-corrected chi connectivity index (χ0v) is 30.3. The molecule has 0 bridgehead atoms. The summed E-state index contributed by atoms with van der Waals surface area (Å²) >= 11 is 0. The van der Waals surface area contributed by atoms with Crippen LogP contribution in [0.2, 0.25) is 0 Å². The smallest absolute Gasteiger partial charge is 0.0711 e. The topological polar surface area (TPSA) is 61.7 Å². The first-order valence-corrected chi connectivity index (χ1v) is 19.2. The Bertz CT molecular complexity index is 2260. The van der Waals surface area contributed by atoms with E-state index >= 15 is 0 Å². The Balaban J connectivity index is 1.17. The maximum Gasteiger partial charge on any atom is 0.0711 e. The Morgan fingerprint density at radius 2 is 0.962 bits per heavy atom. The summed E-state index contributed by atoms with van der Waals surface area (Å²) in [5.74, 6) is 0. The molecule has 0 aliphatic rings. The van der Waals surface area contributed by atoms with Gasteiger partial charge in [-0.2, -0.15) is 0 Å². The van der Waals surface area contributed by atoms with Gasteiger partial charge in [-0.1, -0.05) is 117 Å². The molecule has 0 aliphatic heterocycles. The molecule has 4 aromatic heterocycles. The third kappa shape index (κ3) is 6.86. The molecule has 2 N–H and O–H groups in total. The predicted molar refractivity (Wildman–Crippen MR) is 218 cm³/mol. The maximum absolute atomic E-state index is 7.67. The third-order valence-electron chi connectivity index (χ3n) is 11.0. The lowest BCUT2D eigenvalue weighted by Crippen LogP contribution is -2.45. The molecule has 262 valence electrons. The van der Waals surface area contributed by atoms with Crippen LogP contribution < -0.4 is 5.73 Å². The summed E-state index contributed by atoms with van der Waals surface area (Å²) in [5.41, 5.74) is 17.1. The molecule has 0 saturated carbocycles. The lowest BCUT2D eigenvalue weighted by molar-refractivity contribution is 0.369. The number of hydrogen-bond acceptors (Lipinski definition) is 3. The Labute approximate surface area is 307 Å². The maximum atomic E-state index is 7.67. The predicted octanol–water partition coefficient (Wildman–Crippen LogP) is 10.6. The highest BCUT2D eigenvalue weighted by molar-refractivity contribution is 6.09. The van der Waals surface area contributed by atoms with Crippen LogP contribution in [0, 0.1) is 0 Å². The molecule has 0 fully saturated rings. The number of nitrogens with zero attached hydrogens (tertiary/aromatic N) is 4. The van der Waals surface area contributed by atoms with E-state index in [1.807, 2.05) is 12.4 Å². The van der Waals surface area contributed by atoms with E-state index in [0.717, 1.165) is 69.4 Å². The van der Waals surface area contributed by atoms with E-state index in [0.29, 0.717) is 12.8 Å². The Morgan fingerprint density at radius 1 is 0.519 bits per heavy atom. The van der Waals surface area contributed by atoms with Gasteiger partial charge in [0, 0.05) is 76.4 Å². The van der Waals surface area contributed by atoms with Crippen LogP contribution in [0.5, 0.6) is 0 Å². The number of para-hydroxylation sites is 2. The molecule has 4 aromatic carbocycles. The van der Waals surface area contributed by atoms with Gasteiger partial charge in [-0.15, -0.1) is 0 Å². The lowest BCUT2D eigenvalue weighted by atomic mass is 9.83. The molecule has 8 rings (SSSR count). The number of benzene rings is 4. The number of unbranched alkanes of at least 4 members (excludes halogenated alkanes) is 1.